The highest BCUT2D eigenvalue weighted by atomic mass is 35.5. The van der Waals surface area contributed by atoms with Crippen molar-refractivity contribution in [2.24, 2.45) is 5.73 Å². The standard InChI is InChI=1S/C9H9ClFNO2/c10-6-3-5(1-2-7(6)11)8(12)4-9(13)14/h1-3,8H,4,12H2,(H,13,14)/t8-/m1/s1. The van der Waals surface area contributed by atoms with E-state index < -0.39 is 17.8 Å². The van der Waals surface area contributed by atoms with Gasteiger partial charge in [-0.15, -0.1) is 0 Å². The predicted octanol–water partition coefficient (Wildman–Crippen LogP) is 1.95. The summed E-state index contributed by atoms with van der Waals surface area (Å²) in [6.45, 7) is 0. The van der Waals surface area contributed by atoms with Crippen molar-refractivity contribution < 1.29 is 14.3 Å². The predicted molar refractivity (Wildman–Crippen MR) is 50.6 cm³/mol. The maximum atomic E-state index is 12.7. The van der Waals surface area contributed by atoms with Gasteiger partial charge >= 0.3 is 5.97 Å². The maximum Gasteiger partial charge on any atom is 0.305 e. The van der Waals surface area contributed by atoms with Crippen molar-refractivity contribution in [3.8, 4) is 0 Å². The molecule has 14 heavy (non-hydrogen) atoms. The van der Waals surface area contributed by atoms with Gasteiger partial charge in [-0.2, -0.15) is 0 Å². The van der Waals surface area contributed by atoms with E-state index in [0.29, 0.717) is 5.56 Å². The molecular weight excluding hydrogens is 209 g/mol. The molecule has 1 aromatic carbocycles. The van der Waals surface area contributed by atoms with E-state index >= 15 is 0 Å². The van der Waals surface area contributed by atoms with Gasteiger partial charge in [0.25, 0.3) is 0 Å². The van der Waals surface area contributed by atoms with Crippen LogP contribution in [0.25, 0.3) is 0 Å². The maximum absolute atomic E-state index is 12.7. The average Bonchev–Trinajstić information content (AvgIpc) is 2.08. The second-order valence-electron chi connectivity index (χ2n) is 2.88. The number of rotatable bonds is 3. The smallest absolute Gasteiger partial charge is 0.305 e. The Hall–Kier alpha value is -1.13. The third kappa shape index (κ3) is 2.68. The molecule has 0 heterocycles. The largest absolute Gasteiger partial charge is 0.481 e. The Labute approximate surface area is 85.3 Å². The molecule has 5 heteroatoms. The van der Waals surface area contributed by atoms with Gasteiger partial charge < -0.3 is 10.8 Å². The first-order chi connectivity index (χ1) is 6.50. The van der Waals surface area contributed by atoms with Gasteiger partial charge in [-0.05, 0) is 17.7 Å². The zero-order valence-corrected chi connectivity index (χ0v) is 7.96. The first kappa shape index (κ1) is 10.9. The van der Waals surface area contributed by atoms with Crippen LogP contribution in [0.15, 0.2) is 18.2 Å². The fraction of sp³-hybridized carbons (Fsp3) is 0.222. The summed E-state index contributed by atoms with van der Waals surface area (Å²) in [7, 11) is 0. The molecule has 0 aromatic heterocycles. The second-order valence-corrected chi connectivity index (χ2v) is 3.29. The van der Waals surface area contributed by atoms with Gasteiger partial charge in [0.1, 0.15) is 5.82 Å². The van der Waals surface area contributed by atoms with E-state index in [0.717, 1.165) is 0 Å². The lowest BCUT2D eigenvalue weighted by Crippen LogP contribution is -2.14. The number of benzene rings is 1. The number of carboxylic acids is 1. The molecule has 3 N–H and O–H groups in total. The molecule has 0 fully saturated rings. The molecule has 1 aromatic rings. The van der Waals surface area contributed by atoms with Crippen molar-refractivity contribution >= 4 is 17.6 Å². The zero-order valence-electron chi connectivity index (χ0n) is 7.21. The molecule has 0 bridgehead atoms. The highest BCUT2D eigenvalue weighted by molar-refractivity contribution is 6.30. The molecule has 76 valence electrons. The number of hydrogen-bond donors (Lipinski definition) is 2. The number of nitrogens with two attached hydrogens (primary N) is 1. The molecular formula is C9H9ClFNO2. The van der Waals surface area contributed by atoms with E-state index in [1.807, 2.05) is 0 Å². The van der Waals surface area contributed by atoms with Crippen molar-refractivity contribution in [1.82, 2.24) is 0 Å². The van der Waals surface area contributed by atoms with Gasteiger partial charge in [0.2, 0.25) is 0 Å². The van der Waals surface area contributed by atoms with Crippen LogP contribution in [-0.4, -0.2) is 11.1 Å². The van der Waals surface area contributed by atoms with E-state index in [1.54, 1.807) is 0 Å². The Kier molecular flexibility index (Phi) is 3.43. The van der Waals surface area contributed by atoms with Crippen LogP contribution in [0.4, 0.5) is 4.39 Å². The summed E-state index contributed by atoms with van der Waals surface area (Å²) in [6.07, 6.45) is -0.206. The van der Waals surface area contributed by atoms with E-state index in [9.17, 15) is 9.18 Å². The fourth-order valence-electron chi connectivity index (χ4n) is 1.05. The quantitative estimate of drug-likeness (QED) is 0.814. The van der Waals surface area contributed by atoms with Crippen molar-refractivity contribution in [3.05, 3.63) is 34.6 Å². The summed E-state index contributed by atoms with van der Waals surface area (Å²) in [5.41, 5.74) is 6.07. The molecule has 0 aliphatic heterocycles. The van der Waals surface area contributed by atoms with E-state index in [4.69, 9.17) is 22.4 Å². The molecule has 1 atom stereocenters. The summed E-state index contributed by atoms with van der Waals surface area (Å²) >= 11 is 5.52. The van der Waals surface area contributed by atoms with Crippen molar-refractivity contribution in [2.45, 2.75) is 12.5 Å². The minimum atomic E-state index is -1.00. The summed E-state index contributed by atoms with van der Waals surface area (Å²) in [6, 6.07) is 3.27. The second kappa shape index (κ2) is 4.39. The van der Waals surface area contributed by atoms with Crippen molar-refractivity contribution in [2.75, 3.05) is 0 Å². The summed E-state index contributed by atoms with van der Waals surface area (Å²) in [5.74, 6) is -1.55. The van der Waals surface area contributed by atoms with Crippen LogP contribution in [0, 0.1) is 5.82 Å². The van der Waals surface area contributed by atoms with Crippen LogP contribution >= 0.6 is 11.6 Å². The number of hydrogen-bond acceptors (Lipinski definition) is 2. The van der Waals surface area contributed by atoms with Crippen molar-refractivity contribution in [1.29, 1.82) is 0 Å². The molecule has 0 saturated heterocycles. The van der Waals surface area contributed by atoms with Crippen LogP contribution in [0.1, 0.15) is 18.0 Å². The molecule has 0 aliphatic carbocycles. The lowest BCUT2D eigenvalue weighted by molar-refractivity contribution is -0.137. The zero-order chi connectivity index (χ0) is 10.7. The van der Waals surface area contributed by atoms with Crippen LogP contribution in [0.2, 0.25) is 5.02 Å². The highest BCUT2D eigenvalue weighted by Crippen LogP contribution is 2.21. The van der Waals surface area contributed by atoms with Crippen LogP contribution in [-0.2, 0) is 4.79 Å². The summed E-state index contributed by atoms with van der Waals surface area (Å²) < 4.78 is 12.7. The SMILES string of the molecule is N[C@H](CC(=O)O)c1ccc(F)c(Cl)c1. The molecule has 0 amide bonds. The summed E-state index contributed by atoms with van der Waals surface area (Å²) in [4.78, 5) is 10.3. The lowest BCUT2D eigenvalue weighted by Gasteiger charge is -2.09. The first-order valence-electron chi connectivity index (χ1n) is 3.93. The Morgan fingerprint density at radius 2 is 2.29 bits per heavy atom. The number of aliphatic carboxylic acids is 1. The fourth-order valence-corrected chi connectivity index (χ4v) is 1.24. The molecule has 0 spiro atoms. The van der Waals surface area contributed by atoms with Crippen LogP contribution in [0.3, 0.4) is 0 Å². The third-order valence-corrected chi connectivity index (χ3v) is 2.06. The Bertz CT molecular complexity index is 357. The Morgan fingerprint density at radius 3 is 2.79 bits per heavy atom. The van der Waals surface area contributed by atoms with E-state index in [-0.39, 0.29) is 11.4 Å². The third-order valence-electron chi connectivity index (χ3n) is 1.77. The minimum absolute atomic E-state index is 0.0525. The van der Waals surface area contributed by atoms with Gasteiger partial charge in [0.05, 0.1) is 11.4 Å². The van der Waals surface area contributed by atoms with Crippen LogP contribution in [0.5, 0.6) is 0 Å². The summed E-state index contributed by atoms with van der Waals surface area (Å²) in [5, 5.41) is 8.43. The monoisotopic (exact) mass is 217 g/mol. The van der Waals surface area contributed by atoms with Crippen LogP contribution < -0.4 is 5.73 Å². The Balaban J connectivity index is 2.85. The van der Waals surface area contributed by atoms with Gasteiger partial charge in [0.15, 0.2) is 0 Å². The molecule has 3 nitrogen and oxygen atoms in total. The lowest BCUT2D eigenvalue weighted by atomic mass is 10.1. The number of carboxylic acid groups (broad SMARTS) is 1. The topological polar surface area (TPSA) is 63.3 Å². The average molecular weight is 218 g/mol. The van der Waals surface area contributed by atoms with Gasteiger partial charge in [-0.1, -0.05) is 17.7 Å². The van der Waals surface area contributed by atoms with Crippen molar-refractivity contribution in [3.63, 3.8) is 0 Å². The van der Waals surface area contributed by atoms with Gasteiger partial charge in [-0.3, -0.25) is 4.79 Å². The van der Waals surface area contributed by atoms with Gasteiger partial charge in [-0.25, -0.2) is 4.39 Å². The highest BCUT2D eigenvalue weighted by Gasteiger charge is 2.11. The van der Waals surface area contributed by atoms with E-state index in [1.165, 1.54) is 18.2 Å². The van der Waals surface area contributed by atoms with Gasteiger partial charge in [0, 0.05) is 6.04 Å². The Morgan fingerprint density at radius 1 is 1.64 bits per heavy atom. The van der Waals surface area contributed by atoms with E-state index in [2.05, 4.69) is 0 Å². The number of halogens is 2. The molecule has 0 aliphatic rings. The molecule has 1 rings (SSSR count). The normalized spacial score (nSPS) is 12.5. The molecule has 0 unspecified atom stereocenters. The molecule has 0 radical (unpaired) electrons. The molecule has 0 saturated carbocycles. The first-order valence-corrected chi connectivity index (χ1v) is 4.31. The minimum Gasteiger partial charge on any atom is -0.481 e. The number of carbonyl (C=O) groups is 1.